The van der Waals surface area contributed by atoms with Crippen molar-refractivity contribution in [3.8, 4) is 0 Å². The van der Waals surface area contributed by atoms with Crippen molar-refractivity contribution < 1.29 is 9.28 Å². The molecule has 26 heavy (non-hydrogen) atoms. The van der Waals surface area contributed by atoms with Crippen molar-refractivity contribution in [3.05, 3.63) is 0 Å². The Balaban J connectivity index is 3.46. The van der Waals surface area contributed by atoms with Gasteiger partial charge < -0.3 is 9.80 Å². The summed E-state index contributed by atoms with van der Waals surface area (Å²) in [4.78, 5) is 12.0. The number of quaternary nitrogens is 1. The second-order valence-corrected chi connectivity index (χ2v) is 8.73. The Hall–Kier alpha value is -0.570. The maximum atomic E-state index is 12.0. The summed E-state index contributed by atoms with van der Waals surface area (Å²) in [5.74, 6) is 0.246. The Morgan fingerprint density at radius 1 is 0.654 bits per heavy atom. The summed E-state index contributed by atoms with van der Waals surface area (Å²) in [6, 6.07) is 0. The molecule has 1 amide bonds. The van der Waals surface area contributed by atoms with Crippen molar-refractivity contribution in [1.29, 1.82) is 0 Å². The van der Waals surface area contributed by atoms with Gasteiger partial charge in [-0.2, -0.15) is 0 Å². The van der Waals surface area contributed by atoms with Crippen LogP contribution in [0.5, 0.6) is 0 Å². The molecule has 0 bridgehead atoms. The van der Waals surface area contributed by atoms with Crippen molar-refractivity contribution in [1.82, 2.24) is 5.32 Å². The molecule has 0 saturated heterocycles. The first-order chi connectivity index (χ1) is 12.5. The Morgan fingerprint density at radius 2 is 1.12 bits per heavy atom. The van der Waals surface area contributed by atoms with Crippen LogP contribution in [0.3, 0.4) is 0 Å². The van der Waals surface area contributed by atoms with Crippen molar-refractivity contribution in [2.45, 2.75) is 110 Å². The minimum atomic E-state index is 0.246. The van der Waals surface area contributed by atoms with Crippen LogP contribution >= 0.6 is 0 Å². The van der Waals surface area contributed by atoms with Gasteiger partial charge in [0.2, 0.25) is 5.91 Å². The molecule has 1 N–H and O–H groups in total. The molecule has 156 valence electrons. The number of nitrogens with zero attached hydrogens (tertiary/aromatic N) is 1. The fraction of sp³-hybridized carbons (Fsp3) is 0.957. The van der Waals surface area contributed by atoms with Gasteiger partial charge in [-0.25, -0.2) is 0 Å². The number of likely N-dealkylation sites (N-methyl/N-ethyl adjacent to an activating group) is 1. The summed E-state index contributed by atoms with van der Waals surface area (Å²) in [5, 5.41) is 3.12. The summed E-state index contributed by atoms with van der Waals surface area (Å²) in [7, 11) is 4.57. The van der Waals surface area contributed by atoms with E-state index in [2.05, 4.69) is 33.3 Å². The van der Waals surface area contributed by atoms with E-state index in [1.807, 2.05) is 0 Å². The first kappa shape index (κ1) is 25.4. The molecule has 0 heterocycles. The molecule has 0 spiro atoms. The van der Waals surface area contributed by atoms with Gasteiger partial charge in [-0.15, -0.1) is 0 Å². The Morgan fingerprint density at radius 3 is 1.65 bits per heavy atom. The highest BCUT2D eigenvalue weighted by Crippen LogP contribution is 2.10. The average Bonchev–Trinajstić information content (AvgIpc) is 2.60. The minimum Gasteiger partial charge on any atom is -0.350 e. The quantitative estimate of drug-likeness (QED) is 0.217. The molecule has 0 aliphatic heterocycles. The minimum absolute atomic E-state index is 0.246. The van der Waals surface area contributed by atoms with Gasteiger partial charge in [-0.1, -0.05) is 84.5 Å². The molecule has 3 nitrogen and oxygen atoms in total. The molecule has 0 saturated carbocycles. The van der Waals surface area contributed by atoms with Gasteiger partial charge >= 0.3 is 0 Å². The molecule has 0 aliphatic rings. The van der Waals surface area contributed by atoms with E-state index >= 15 is 0 Å². The molecule has 0 aromatic heterocycles. The smallest absolute Gasteiger partial charge is 0.220 e. The van der Waals surface area contributed by atoms with E-state index in [-0.39, 0.29) is 5.91 Å². The van der Waals surface area contributed by atoms with E-state index in [0.717, 1.165) is 24.0 Å². The Kier molecular flexibility index (Phi) is 17.4. The van der Waals surface area contributed by atoms with Gasteiger partial charge in [0.15, 0.2) is 0 Å². The lowest BCUT2D eigenvalue weighted by atomic mass is 10.1. The molecular formula is C23H49N2O+. The van der Waals surface area contributed by atoms with Crippen molar-refractivity contribution in [3.63, 3.8) is 0 Å². The van der Waals surface area contributed by atoms with Gasteiger partial charge in [0, 0.05) is 6.42 Å². The third kappa shape index (κ3) is 18.2. The van der Waals surface area contributed by atoms with Crippen molar-refractivity contribution in [2.75, 3.05) is 33.7 Å². The number of amides is 1. The van der Waals surface area contributed by atoms with Crippen LogP contribution in [0.4, 0.5) is 0 Å². The fourth-order valence-electron chi connectivity index (χ4n) is 3.44. The number of nitrogens with one attached hydrogen (secondary N) is 1. The summed E-state index contributed by atoms with van der Waals surface area (Å²) < 4.78 is 1.02. The first-order valence-electron chi connectivity index (χ1n) is 11.6. The number of carbonyl (C=O) groups is 1. The zero-order valence-electron chi connectivity index (χ0n) is 18.6. The molecule has 3 heteroatoms. The molecule has 0 unspecified atom stereocenters. The van der Waals surface area contributed by atoms with E-state index in [4.69, 9.17) is 0 Å². The summed E-state index contributed by atoms with van der Waals surface area (Å²) >= 11 is 0. The molecule has 0 aromatic rings. The lowest BCUT2D eigenvalue weighted by Crippen LogP contribution is -2.45. The van der Waals surface area contributed by atoms with Crippen molar-refractivity contribution in [2.24, 2.45) is 0 Å². The summed E-state index contributed by atoms with van der Waals surface area (Å²) in [5.41, 5.74) is 0. The number of hydrogen-bond acceptors (Lipinski definition) is 1. The molecule has 0 radical (unpaired) electrons. The lowest BCUT2D eigenvalue weighted by Gasteiger charge is -2.30. The van der Waals surface area contributed by atoms with Crippen LogP contribution in [-0.2, 0) is 4.79 Å². The number of unbranched alkanes of at least 4 members (excludes halogenated alkanes) is 12. The fourth-order valence-corrected chi connectivity index (χ4v) is 3.44. The van der Waals surface area contributed by atoms with E-state index in [0.29, 0.717) is 6.42 Å². The number of rotatable bonds is 19. The van der Waals surface area contributed by atoms with Crippen LogP contribution in [0.25, 0.3) is 0 Å². The third-order valence-corrected chi connectivity index (χ3v) is 5.41. The third-order valence-electron chi connectivity index (χ3n) is 5.41. The molecule has 0 atom stereocenters. The van der Waals surface area contributed by atoms with E-state index in [1.54, 1.807) is 0 Å². The molecule has 0 rings (SSSR count). The molecular weight excluding hydrogens is 320 g/mol. The number of carbonyl (C=O) groups excluding carboxylic acids is 1. The maximum absolute atomic E-state index is 12.0. The first-order valence-corrected chi connectivity index (χ1v) is 11.6. The molecule has 0 aliphatic carbocycles. The van der Waals surface area contributed by atoms with Crippen LogP contribution in [0.2, 0.25) is 0 Å². The van der Waals surface area contributed by atoms with Crippen LogP contribution in [-0.4, -0.2) is 44.1 Å². The van der Waals surface area contributed by atoms with Crippen molar-refractivity contribution >= 4 is 5.91 Å². The molecule has 0 fully saturated rings. The van der Waals surface area contributed by atoms with Gasteiger partial charge in [-0.05, 0) is 19.3 Å². The number of hydrogen-bond donors (Lipinski definition) is 1. The zero-order chi connectivity index (χ0) is 19.5. The predicted octanol–water partition coefficient (Wildman–Crippen LogP) is 6.07. The van der Waals surface area contributed by atoms with Crippen LogP contribution in [0.15, 0.2) is 0 Å². The van der Waals surface area contributed by atoms with Crippen LogP contribution in [0, 0.1) is 0 Å². The Labute approximate surface area is 164 Å². The zero-order valence-corrected chi connectivity index (χ0v) is 18.6. The SMILES string of the molecule is CCCCCCCCCCCC(=O)NCC[N+](C)(C)CCCCCCC. The topological polar surface area (TPSA) is 29.1 Å². The highest BCUT2D eigenvalue weighted by Gasteiger charge is 2.14. The highest BCUT2D eigenvalue weighted by atomic mass is 16.1. The molecule has 0 aromatic carbocycles. The standard InChI is InChI=1S/C23H48N2O/c1-5-7-9-11-12-13-14-15-17-19-23(26)24-20-22-25(3,4)21-18-16-10-8-6-2/h5-22H2,1-4H3/p+1. The summed E-state index contributed by atoms with van der Waals surface area (Å²) in [6.07, 6.45) is 19.2. The Bertz CT molecular complexity index is 315. The van der Waals surface area contributed by atoms with E-state index in [1.165, 1.54) is 90.0 Å². The normalized spacial score (nSPS) is 11.7. The van der Waals surface area contributed by atoms with Gasteiger partial charge in [0.1, 0.15) is 0 Å². The van der Waals surface area contributed by atoms with E-state index < -0.39 is 0 Å². The van der Waals surface area contributed by atoms with Crippen LogP contribution in [0.1, 0.15) is 110 Å². The van der Waals surface area contributed by atoms with Gasteiger partial charge in [-0.3, -0.25) is 4.79 Å². The monoisotopic (exact) mass is 369 g/mol. The maximum Gasteiger partial charge on any atom is 0.220 e. The largest absolute Gasteiger partial charge is 0.350 e. The second kappa shape index (κ2) is 17.8. The lowest BCUT2D eigenvalue weighted by molar-refractivity contribution is -0.889. The van der Waals surface area contributed by atoms with E-state index in [9.17, 15) is 4.79 Å². The highest BCUT2D eigenvalue weighted by molar-refractivity contribution is 5.75. The predicted molar refractivity (Wildman–Crippen MR) is 115 cm³/mol. The average molecular weight is 370 g/mol. The van der Waals surface area contributed by atoms with Gasteiger partial charge in [0.05, 0.1) is 33.7 Å². The second-order valence-electron chi connectivity index (χ2n) is 8.73. The van der Waals surface area contributed by atoms with Crippen LogP contribution < -0.4 is 5.32 Å². The van der Waals surface area contributed by atoms with Gasteiger partial charge in [0.25, 0.3) is 0 Å². The summed E-state index contributed by atoms with van der Waals surface area (Å²) in [6.45, 7) is 7.60.